The van der Waals surface area contributed by atoms with Gasteiger partial charge in [-0.25, -0.2) is 0 Å². The van der Waals surface area contributed by atoms with Crippen molar-refractivity contribution in [3.8, 4) is 0 Å². The van der Waals surface area contributed by atoms with Crippen LogP contribution in [0.15, 0.2) is 19.6 Å². The molecule has 2 nitrogen and oxygen atoms in total. The predicted octanol–water partition coefficient (Wildman–Crippen LogP) is 4.24. The molecule has 0 aliphatic heterocycles. The Balaban J connectivity index is 2.16. The second-order valence-corrected chi connectivity index (χ2v) is 4.80. The lowest BCUT2D eigenvalue weighted by molar-refractivity contribution is -0.135. The van der Waals surface area contributed by atoms with E-state index in [-0.39, 0.29) is 6.42 Å². The van der Waals surface area contributed by atoms with E-state index in [0.29, 0.717) is 23.5 Å². The Bertz CT molecular complexity index is 318. The van der Waals surface area contributed by atoms with Crippen molar-refractivity contribution in [2.45, 2.75) is 25.6 Å². The van der Waals surface area contributed by atoms with Crippen molar-refractivity contribution in [3.05, 3.63) is 21.0 Å². The molecule has 0 aromatic carbocycles. The molecule has 0 atom stereocenters. The quantitative estimate of drug-likeness (QED) is 0.790. The Hall–Kier alpha value is -0.0100. The van der Waals surface area contributed by atoms with Gasteiger partial charge in [-0.2, -0.15) is 13.2 Å². The first-order valence-electron chi connectivity index (χ1n) is 4.59. The van der Waals surface area contributed by atoms with E-state index in [2.05, 4.69) is 37.2 Å². The third kappa shape index (κ3) is 5.36. The van der Waals surface area contributed by atoms with Crippen molar-refractivity contribution in [1.29, 1.82) is 0 Å². The Kier molecular flexibility index (Phi) is 5.33. The van der Waals surface area contributed by atoms with Gasteiger partial charge in [0.15, 0.2) is 4.67 Å². The van der Waals surface area contributed by atoms with Crippen LogP contribution in [0.25, 0.3) is 0 Å². The summed E-state index contributed by atoms with van der Waals surface area (Å²) in [5.74, 6) is 0.672. The number of hydrogen-bond acceptors (Lipinski definition) is 2. The zero-order valence-corrected chi connectivity index (χ0v) is 11.4. The summed E-state index contributed by atoms with van der Waals surface area (Å²) in [5.41, 5.74) is 0. The molecule has 92 valence electrons. The first-order valence-corrected chi connectivity index (χ1v) is 6.18. The maximum Gasteiger partial charge on any atom is 0.389 e. The Morgan fingerprint density at radius 3 is 2.50 bits per heavy atom. The number of rotatable bonds is 5. The molecule has 0 amide bonds. The number of hydrogen-bond donors (Lipinski definition) is 1. The number of alkyl halides is 3. The molecule has 7 heteroatoms. The minimum Gasteiger partial charge on any atom is -0.452 e. The van der Waals surface area contributed by atoms with Crippen LogP contribution in [-0.4, -0.2) is 12.7 Å². The van der Waals surface area contributed by atoms with Gasteiger partial charge in [-0.15, -0.1) is 0 Å². The molecular formula is C9H10Br2F3NO. The molecule has 0 saturated carbocycles. The monoisotopic (exact) mass is 363 g/mol. The molecule has 1 aromatic rings. The zero-order chi connectivity index (χ0) is 12.2. The number of nitrogens with one attached hydrogen (secondary N) is 1. The lowest BCUT2D eigenvalue weighted by Crippen LogP contribution is -2.17. The summed E-state index contributed by atoms with van der Waals surface area (Å²) >= 11 is 6.42. The van der Waals surface area contributed by atoms with Crippen LogP contribution in [0.2, 0.25) is 0 Å². The Morgan fingerprint density at radius 2 is 2.00 bits per heavy atom. The van der Waals surface area contributed by atoms with Gasteiger partial charge in [-0.3, -0.25) is 0 Å². The molecular weight excluding hydrogens is 355 g/mol. The van der Waals surface area contributed by atoms with Crippen LogP contribution in [0.1, 0.15) is 18.6 Å². The van der Waals surface area contributed by atoms with Crippen LogP contribution in [-0.2, 0) is 6.54 Å². The normalized spacial score (nSPS) is 12.1. The molecule has 0 aliphatic carbocycles. The van der Waals surface area contributed by atoms with Gasteiger partial charge >= 0.3 is 6.18 Å². The van der Waals surface area contributed by atoms with Crippen molar-refractivity contribution in [3.63, 3.8) is 0 Å². The number of furan rings is 1. The summed E-state index contributed by atoms with van der Waals surface area (Å²) in [6, 6.07) is 1.76. The van der Waals surface area contributed by atoms with Crippen molar-refractivity contribution in [2.24, 2.45) is 0 Å². The molecule has 1 N–H and O–H groups in total. The minimum atomic E-state index is -4.07. The van der Waals surface area contributed by atoms with E-state index in [1.54, 1.807) is 6.07 Å². The van der Waals surface area contributed by atoms with Crippen LogP contribution in [0.3, 0.4) is 0 Å². The second-order valence-electron chi connectivity index (χ2n) is 3.23. The number of halogens is 5. The standard InChI is InChI=1S/C9H10Br2F3NO/c10-7-4-6(16-8(7)11)5-15-3-1-2-9(12,13)14/h4,15H,1-3,5H2. The lowest BCUT2D eigenvalue weighted by Gasteiger charge is -2.06. The highest BCUT2D eigenvalue weighted by atomic mass is 79.9. The van der Waals surface area contributed by atoms with Gasteiger partial charge in [0.05, 0.1) is 11.0 Å². The van der Waals surface area contributed by atoms with Crippen LogP contribution < -0.4 is 5.32 Å². The fraction of sp³-hybridized carbons (Fsp3) is 0.556. The van der Waals surface area contributed by atoms with Gasteiger partial charge in [0, 0.05) is 6.42 Å². The summed E-state index contributed by atoms with van der Waals surface area (Å²) in [6.45, 7) is 0.734. The van der Waals surface area contributed by atoms with E-state index in [4.69, 9.17) is 4.42 Å². The van der Waals surface area contributed by atoms with E-state index in [1.807, 2.05) is 0 Å². The first-order chi connectivity index (χ1) is 7.38. The van der Waals surface area contributed by atoms with E-state index in [1.165, 1.54) is 0 Å². The third-order valence-corrected chi connectivity index (χ3v) is 3.52. The summed E-state index contributed by atoms with van der Waals surface area (Å²) in [4.78, 5) is 0. The molecule has 0 fully saturated rings. The third-order valence-electron chi connectivity index (χ3n) is 1.81. The van der Waals surface area contributed by atoms with Gasteiger partial charge < -0.3 is 9.73 Å². The van der Waals surface area contributed by atoms with Crippen molar-refractivity contribution < 1.29 is 17.6 Å². The fourth-order valence-corrected chi connectivity index (χ4v) is 1.76. The predicted molar refractivity (Wildman–Crippen MR) is 61.1 cm³/mol. The maximum atomic E-state index is 11.8. The molecule has 1 heterocycles. The van der Waals surface area contributed by atoms with Gasteiger partial charge in [-0.1, -0.05) is 0 Å². The van der Waals surface area contributed by atoms with Crippen LogP contribution in [0.4, 0.5) is 13.2 Å². The van der Waals surface area contributed by atoms with E-state index < -0.39 is 12.6 Å². The highest BCUT2D eigenvalue weighted by molar-refractivity contribution is 9.13. The van der Waals surface area contributed by atoms with Gasteiger partial charge in [-0.05, 0) is 50.9 Å². The van der Waals surface area contributed by atoms with Crippen molar-refractivity contribution in [2.75, 3.05) is 6.54 Å². The Labute approximate surface area is 108 Å². The molecule has 16 heavy (non-hydrogen) atoms. The SMILES string of the molecule is FC(F)(F)CCCNCc1cc(Br)c(Br)o1. The largest absolute Gasteiger partial charge is 0.452 e. The van der Waals surface area contributed by atoms with Gasteiger partial charge in [0.25, 0.3) is 0 Å². The molecule has 0 radical (unpaired) electrons. The Morgan fingerprint density at radius 1 is 1.31 bits per heavy atom. The van der Waals surface area contributed by atoms with E-state index in [9.17, 15) is 13.2 Å². The molecule has 0 aliphatic rings. The second kappa shape index (κ2) is 6.07. The highest BCUT2D eigenvalue weighted by Gasteiger charge is 2.25. The van der Waals surface area contributed by atoms with E-state index >= 15 is 0 Å². The summed E-state index contributed by atoms with van der Waals surface area (Å²) in [6.07, 6.45) is -4.75. The molecule has 1 rings (SSSR count). The topological polar surface area (TPSA) is 25.2 Å². The molecule has 0 spiro atoms. The molecule has 0 bridgehead atoms. The average molecular weight is 365 g/mol. The van der Waals surface area contributed by atoms with Crippen LogP contribution in [0.5, 0.6) is 0 Å². The zero-order valence-electron chi connectivity index (χ0n) is 8.20. The fourth-order valence-electron chi connectivity index (χ4n) is 1.10. The summed E-state index contributed by atoms with van der Waals surface area (Å²) < 4.78 is 42.0. The van der Waals surface area contributed by atoms with Crippen molar-refractivity contribution in [1.82, 2.24) is 5.32 Å². The highest BCUT2D eigenvalue weighted by Crippen LogP contribution is 2.26. The van der Waals surface area contributed by atoms with E-state index in [0.717, 1.165) is 4.47 Å². The molecule has 0 saturated heterocycles. The smallest absolute Gasteiger partial charge is 0.389 e. The maximum absolute atomic E-state index is 11.8. The molecule has 0 unspecified atom stereocenters. The lowest BCUT2D eigenvalue weighted by atomic mass is 10.3. The van der Waals surface area contributed by atoms with Crippen molar-refractivity contribution >= 4 is 31.9 Å². The summed E-state index contributed by atoms with van der Waals surface area (Å²) in [7, 11) is 0. The minimum absolute atomic E-state index is 0.0759. The summed E-state index contributed by atoms with van der Waals surface area (Å²) in [5, 5.41) is 2.88. The van der Waals surface area contributed by atoms with Gasteiger partial charge in [0.2, 0.25) is 0 Å². The molecule has 1 aromatic heterocycles. The first kappa shape index (κ1) is 14.1. The van der Waals surface area contributed by atoms with Gasteiger partial charge in [0.1, 0.15) is 5.76 Å². The van der Waals surface area contributed by atoms with Crippen LogP contribution in [0, 0.1) is 0 Å². The van der Waals surface area contributed by atoms with Crippen LogP contribution >= 0.6 is 31.9 Å². The average Bonchev–Trinajstić information content (AvgIpc) is 2.44.